The molecule has 0 aromatic rings. The van der Waals surface area contributed by atoms with E-state index >= 15 is 0 Å². The van der Waals surface area contributed by atoms with Crippen molar-refractivity contribution in [3.63, 3.8) is 0 Å². The molecule has 1 aliphatic heterocycles. The molecule has 1 amide bonds. The molecule has 0 aromatic heterocycles. The molecule has 9 nitrogen and oxygen atoms in total. The highest BCUT2D eigenvalue weighted by Crippen LogP contribution is 2.30. The molecule has 146 valence electrons. The number of amides is 1. The van der Waals surface area contributed by atoms with Gasteiger partial charge in [-0.1, -0.05) is 0 Å². The van der Waals surface area contributed by atoms with Crippen molar-refractivity contribution in [1.82, 2.24) is 5.32 Å². The zero-order valence-corrected chi connectivity index (χ0v) is 15.2. The van der Waals surface area contributed by atoms with E-state index < -0.39 is 18.3 Å². The van der Waals surface area contributed by atoms with Gasteiger partial charge in [0.15, 0.2) is 6.29 Å². The van der Waals surface area contributed by atoms with Gasteiger partial charge in [0.05, 0.1) is 18.8 Å². The molecule has 2 rings (SSSR count). The maximum Gasteiger partial charge on any atom is 0.250 e. The standard InChI is InChI=1S/C15H29N3O6S/c1-25-24-14-10(17)4-8(18-15(21)11(20)6-16)5-12(14)23-13-3-2-9(7-19)22-13/h8-14,19-20H,2-7,16-17H2,1H3,(H,18,21)/t8?,9?,10?,11?,12?,13?,14-/m1/s1. The number of hydrogen-bond acceptors (Lipinski definition) is 9. The van der Waals surface area contributed by atoms with Gasteiger partial charge in [-0.2, -0.15) is 0 Å². The molecule has 10 heteroatoms. The largest absolute Gasteiger partial charge is 0.394 e. The maximum absolute atomic E-state index is 11.9. The van der Waals surface area contributed by atoms with Crippen LogP contribution in [-0.4, -0.2) is 78.3 Å². The van der Waals surface area contributed by atoms with E-state index in [1.54, 1.807) is 0 Å². The lowest BCUT2D eigenvalue weighted by molar-refractivity contribution is -0.194. The van der Waals surface area contributed by atoms with Crippen LogP contribution in [0.25, 0.3) is 0 Å². The highest BCUT2D eigenvalue weighted by atomic mass is 32.2. The third-order valence-electron chi connectivity index (χ3n) is 4.54. The predicted octanol–water partition coefficient (Wildman–Crippen LogP) is -1.54. The lowest BCUT2D eigenvalue weighted by Gasteiger charge is -2.40. The lowest BCUT2D eigenvalue weighted by Crippen LogP contribution is -2.58. The fraction of sp³-hybridized carbons (Fsp3) is 0.933. The van der Waals surface area contributed by atoms with E-state index in [4.69, 9.17) is 25.1 Å². The van der Waals surface area contributed by atoms with Crippen molar-refractivity contribution in [2.24, 2.45) is 11.5 Å². The fourth-order valence-electron chi connectivity index (χ4n) is 3.25. The van der Waals surface area contributed by atoms with Gasteiger partial charge in [0.25, 0.3) is 0 Å². The Balaban J connectivity index is 1.97. The number of ether oxygens (including phenoxy) is 2. The minimum absolute atomic E-state index is 0.0373. The summed E-state index contributed by atoms with van der Waals surface area (Å²) in [5, 5.41) is 21.5. The second-order valence-electron chi connectivity index (χ2n) is 6.44. The molecule has 1 saturated carbocycles. The molecular formula is C15H29N3O6S. The van der Waals surface area contributed by atoms with Crippen molar-refractivity contribution >= 4 is 17.9 Å². The summed E-state index contributed by atoms with van der Waals surface area (Å²) in [6.07, 6.45) is 1.66. The first-order chi connectivity index (χ1) is 12.0. The Morgan fingerprint density at radius 2 is 2.20 bits per heavy atom. The molecule has 6 unspecified atom stereocenters. The molecule has 7 N–H and O–H groups in total. The molecule has 2 fully saturated rings. The van der Waals surface area contributed by atoms with E-state index in [-0.39, 0.29) is 43.5 Å². The number of aliphatic hydroxyl groups excluding tert-OH is 2. The predicted molar refractivity (Wildman–Crippen MR) is 92.4 cm³/mol. The van der Waals surface area contributed by atoms with Crippen molar-refractivity contribution in [3.8, 4) is 0 Å². The summed E-state index contributed by atoms with van der Waals surface area (Å²) in [5.41, 5.74) is 11.5. The van der Waals surface area contributed by atoms with Crippen molar-refractivity contribution < 1.29 is 28.7 Å². The summed E-state index contributed by atoms with van der Waals surface area (Å²) in [6.45, 7) is -0.175. The molecule has 25 heavy (non-hydrogen) atoms. The number of nitrogens with two attached hydrogens (primary N) is 2. The van der Waals surface area contributed by atoms with Gasteiger partial charge >= 0.3 is 0 Å². The van der Waals surface area contributed by atoms with Gasteiger partial charge in [-0.05, 0) is 31.3 Å². The van der Waals surface area contributed by atoms with Gasteiger partial charge in [-0.15, -0.1) is 0 Å². The quantitative estimate of drug-likeness (QED) is 0.316. The number of hydrogen-bond donors (Lipinski definition) is 5. The van der Waals surface area contributed by atoms with Crippen LogP contribution in [0.3, 0.4) is 0 Å². The van der Waals surface area contributed by atoms with Crippen LogP contribution in [0.2, 0.25) is 0 Å². The first kappa shape index (κ1) is 20.8. The number of carbonyl (C=O) groups excluding carboxylic acids is 1. The van der Waals surface area contributed by atoms with E-state index in [1.807, 2.05) is 6.26 Å². The number of nitrogens with one attached hydrogen (secondary N) is 1. The van der Waals surface area contributed by atoms with Crippen LogP contribution in [0, 0.1) is 0 Å². The zero-order valence-electron chi connectivity index (χ0n) is 14.4. The lowest BCUT2D eigenvalue weighted by atomic mass is 9.86. The van der Waals surface area contributed by atoms with Crippen molar-refractivity contribution in [3.05, 3.63) is 0 Å². The van der Waals surface area contributed by atoms with E-state index in [0.29, 0.717) is 19.3 Å². The van der Waals surface area contributed by atoms with Crippen LogP contribution < -0.4 is 16.8 Å². The van der Waals surface area contributed by atoms with Gasteiger partial charge in [0.1, 0.15) is 12.2 Å². The molecule has 0 radical (unpaired) electrons. The van der Waals surface area contributed by atoms with Gasteiger partial charge in [-0.25, -0.2) is 0 Å². The molecule has 1 heterocycles. The molecule has 0 bridgehead atoms. The first-order valence-corrected chi connectivity index (χ1v) is 9.68. The number of carbonyl (C=O) groups is 1. The van der Waals surface area contributed by atoms with Gasteiger partial charge in [-0.3, -0.25) is 4.79 Å². The molecule has 0 aromatic carbocycles. The highest BCUT2D eigenvalue weighted by Gasteiger charge is 2.41. The third-order valence-corrected chi connectivity index (χ3v) is 4.96. The average molecular weight is 379 g/mol. The van der Waals surface area contributed by atoms with Crippen molar-refractivity contribution in [1.29, 1.82) is 0 Å². The Kier molecular flexibility index (Phi) is 8.36. The average Bonchev–Trinajstić information content (AvgIpc) is 3.04. The molecule has 2 aliphatic rings. The second-order valence-corrected chi connectivity index (χ2v) is 6.97. The van der Waals surface area contributed by atoms with Crippen molar-refractivity contribution in [2.75, 3.05) is 19.4 Å². The molecule has 0 spiro atoms. The monoisotopic (exact) mass is 379 g/mol. The minimum atomic E-state index is -1.24. The van der Waals surface area contributed by atoms with E-state index in [2.05, 4.69) is 5.32 Å². The van der Waals surface area contributed by atoms with Crippen LogP contribution in [-0.2, 0) is 18.5 Å². The molecular weight excluding hydrogens is 350 g/mol. The summed E-state index contributed by atoms with van der Waals surface area (Å²) in [4.78, 5) is 11.9. The third kappa shape index (κ3) is 5.76. The van der Waals surface area contributed by atoms with Crippen LogP contribution in [0.1, 0.15) is 25.7 Å². The van der Waals surface area contributed by atoms with Crippen LogP contribution >= 0.6 is 12.0 Å². The van der Waals surface area contributed by atoms with Crippen LogP contribution in [0.5, 0.6) is 0 Å². The first-order valence-electron chi connectivity index (χ1n) is 8.53. The molecule has 7 atom stereocenters. The fourth-order valence-corrected chi connectivity index (χ4v) is 3.74. The van der Waals surface area contributed by atoms with Gasteiger partial charge < -0.3 is 40.7 Å². The smallest absolute Gasteiger partial charge is 0.250 e. The topological polar surface area (TPSA) is 149 Å². The normalized spacial score (nSPS) is 37.0. The SMILES string of the molecule is CSO[C@@H]1C(N)CC(NC(=O)C(O)CN)CC1OC1CCC(CO)O1. The van der Waals surface area contributed by atoms with E-state index in [1.165, 1.54) is 12.0 Å². The Labute approximate surface area is 151 Å². The minimum Gasteiger partial charge on any atom is -0.394 e. The summed E-state index contributed by atoms with van der Waals surface area (Å²) < 4.78 is 17.3. The Morgan fingerprint density at radius 3 is 2.80 bits per heavy atom. The summed E-state index contributed by atoms with van der Waals surface area (Å²) in [7, 11) is 0. The molecule has 1 aliphatic carbocycles. The van der Waals surface area contributed by atoms with E-state index in [9.17, 15) is 15.0 Å². The Bertz CT molecular complexity index is 432. The second kappa shape index (κ2) is 10.0. The number of rotatable bonds is 8. The summed E-state index contributed by atoms with van der Waals surface area (Å²) in [6, 6.07) is -0.577. The van der Waals surface area contributed by atoms with Gasteiger partial charge in [0.2, 0.25) is 5.91 Å². The van der Waals surface area contributed by atoms with E-state index in [0.717, 1.165) is 6.42 Å². The highest BCUT2D eigenvalue weighted by molar-refractivity contribution is 7.93. The van der Waals surface area contributed by atoms with Gasteiger partial charge in [0, 0.05) is 31.3 Å². The van der Waals surface area contributed by atoms with Crippen LogP contribution in [0.4, 0.5) is 0 Å². The maximum atomic E-state index is 11.9. The Hall–Kier alpha value is -0.460. The summed E-state index contributed by atoms with van der Waals surface area (Å²) in [5.74, 6) is -0.514. The van der Waals surface area contributed by atoms with Crippen LogP contribution in [0.15, 0.2) is 0 Å². The van der Waals surface area contributed by atoms with Crippen molar-refractivity contribution in [2.45, 2.75) is 68.5 Å². The molecule has 1 saturated heterocycles. The Morgan fingerprint density at radius 1 is 1.44 bits per heavy atom. The number of aliphatic hydroxyl groups is 2. The zero-order chi connectivity index (χ0) is 18.4. The summed E-state index contributed by atoms with van der Waals surface area (Å²) >= 11 is 1.22.